The molecule has 0 aromatic heterocycles. The van der Waals surface area contributed by atoms with E-state index in [-0.39, 0.29) is 5.97 Å². The molecule has 0 aromatic carbocycles. The molecule has 0 aromatic rings. The highest BCUT2D eigenvalue weighted by molar-refractivity contribution is 7.99. The molecule has 0 bridgehead atoms. The van der Waals surface area contributed by atoms with Crippen molar-refractivity contribution in [1.29, 1.82) is 0 Å². The summed E-state index contributed by atoms with van der Waals surface area (Å²) in [6.07, 6.45) is 6.29. The first kappa shape index (κ1) is 14.8. The van der Waals surface area contributed by atoms with E-state index in [0.717, 1.165) is 6.54 Å². The lowest BCUT2D eigenvalue weighted by molar-refractivity contribution is -0.142. The lowest BCUT2D eigenvalue weighted by Crippen LogP contribution is -2.38. The van der Waals surface area contributed by atoms with Crippen molar-refractivity contribution < 1.29 is 9.53 Å². The van der Waals surface area contributed by atoms with Gasteiger partial charge in [0.15, 0.2) is 0 Å². The Morgan fingerprint density at radius 3 is 2.71 bits per heavy atom. The van der Waals surface area contributed by atoms with Crippen LogP contribution in [0.1, 0.15) is 39.0 Å². The molecule has 0 unspecified atom stereocenters. The van der Waals surface area contributed by atoms with E-state index in [0.29, 0.717) is 12.6 Å². The molecule has 1 saturated carbocycles. The van der Waals surface area contributed by atoms with Crippen LogP contribution in [0.25, 0.3) is 0 Å². The van der Waals surface area contributed by atoms with E-state index >= 15 is 0 Å². The minimum Gasteiger partial charge on any atom is -0.468 e. The van der Waals surface area contributed by atoms with Gasteiger partial charge >= 0.3 is 5.97 Å². The van der Waals surface area contributed by atoms with Gasteiger partial charge in [0.1, 0.15) is 0 Å². The molecule has 0 spiro atoms. The van der Waals surface area contributed by atoms with E-state index < -0.39 is 0 Å². The average Bonchev–Trinajstić information content (AvgIpc) is 2.86. The van der Waals surface area contributed by atoms with Crippen LogP contribution >= 0.6 is 11.8 Å². The van der Waals surface area contributed by atoms with E-state index in [4.69, 9.17) is 4.74 Å². The van der Waals surface area contributed by atoms with Gasteiger partial charge in [-0.25, -0.2) is 0 Å². The highest BCUT2D eigenvalue weighted by atomic mass is 32.2. The van der Waals surface area contributed by atoms with Crippen molar-refractivity contribution in [3.8, 4) is 0 Å². The van der Waals surface area contributed by atoms with Crippen molar-refractivity contribution in [2.75, 3.05) is 31.7 Å². The van der Waals surface area contributed by atoms with Gasteiger partial charge in [0.2, 0.25) is 0 Å². The maximum absolute atomic E-state index is 11.4. The van der Waals surface area contributed by atoms with Crippen molar-refractivity contribution in [3.05, 3.63) is 0 Å². The fraction of sp³-hybridized carbons (Fsp3) is 0.923. The molecule has 0 N–H and O–H groups in total. The smallest absolute Gasteiger partial charge is 0.319 e. The second kappa shape index (κ2) is 8.81. The van der Waals surface area contributed by atoms with Crippen LogP contribution in [0.2, 0.25) is 0 Å². The molecule has 0 aliphatic heterocycles. The van der Waals surface area contributed by atoms with E-state index in [1.165, 1.54) is 50.7 Å². The molecule has 1 rings (SSSR count). The summed E-state index contributed by atoms with van der Waals surface area (Å²) in [4.78, 5) is 13.7. The SMILES string of the molecule is CCSCCCN(CC(=O)OC)C1CCCC1. The summed E-state index contributed by atoms with van der Waals surface area (Å²) in [6, 6.07) is 0.612. The van der Waals surface area contributed by atoms with Gasteiger partial charge in [-0.05, 0) is 37.3 Å². The summed E-state index contributed by atoms with van der Waals surface area (Å²) >= 11 is 1.97. The predicted molar refractivity (Wildman–Crippen MR) is 73.5 cm³/mol. The second-order valence-corrected chi connectivity index (χ2v) is 5.93. The third-order valence-corrected chi connectivity index (χ3v) is 4.32. The van der Waals surface area contributed by atoms with Crippen LogP contribution in [-0.4, -0.2) is 48.6 Å². The van der Waals surface area contributed by atoms with Crippen LogP contribution in [0.5, 0.6) is 0 Å². The van der Waals surface area contributed by atoms with Crippen molar-refractivity contribution in [1.82, 2.24) is 4.90 Å². The van der Waals surface area contributed by atoms with Crippen LogP contribution in [0.15, 0.2) is 0 Å². The molecule has 0 heterocycles. The van der Waals surface area contributed by atoms with Gasteiger partial charge in [0, 0.05) is 6.04 Å². The molecular weight excluding hydrogens is 234 g/mol. The highest BCUT2D eigenvalue weighted by Gasteiger charge is 2.24. The minimum absolute atomic E-state index is 0.0972. The van der Waals surface area contributed by atoms with Crippen molar-refractivity contribution in [2.24, 2.45) is 0 Å². The van der Waals surface area contributed by atoms with Gasteiger partial charge in [-0.15, -0.1) is 0 Å². The standard InChI is InChI=1S/C13H25NO2S/c1-3-17-10-6-9-14(11-13(15)16-2)12-7-4-5-8-12/h12H,3-11H2,1-2H3. The maximum atomic E-state index is 11.4. The Hall–Kier alpha value is -0.220. The monoisotopic (exact) mass is 259 g/mol. The van der Waals surface area contributed by atoms with Crippen LogP contribution in [0, 0.1) is 0 Å². The van der Waals surface area contributed by atoms with Crippen LogP contribution in [0.3, 0.4) is 0 Å². The van der Waals surface area contributed by atoms with Gasteiger partial charge in [0.05, 0.1) is 13.7 Å². The molecule has 4 heteroatoms. The fourth-order valence-electron chi connectivity index (χ4n) is 2.40. The summed E-state index contributed by atoms with van der Waals surface area (Å²) in [6.45, 7) is 3.69. The van der Waals surface area contributed by atoms with Crippen molar-refractivity contribution in [3.63, 3.8) is 0 Å². The molecule has 1 fully saturated rings. The van der Waals surface area contributed by atoms with Crippen LogP contribution in [0.4, 0.5) is 0 Å². The van der Waals surface area contributed by atoms with Crippen molar-refractivity contribution >= 4 is 17.7 Å². The zero-order chi connectivity index (χ0) is 12.5. The van der Waals surface area contributed by atoms with Gasteiger partial charge in [0.25, 0.3) is 0 Å². The lowest BCUT2D eigenvalue weighted by atomic mass is 10.2. The fourth-order valence-corrected chi connectivity index (χ4v) is 3.03. The molecule has 0 atom stereocenters. The molecule has 1 aliphatic carbocycles. The number of rotatable bonds is 8. The Labute approximate surface area is 109 Å². The zero-order valence-corrected chi connectivity index (χ0v) is 11.9. The summed E-state index contributed by atoms with van der Waals surface area (Å²) < 4.78 is 4.78. The zero-order valence-electron chi connectivity index (χ0n) is 11.1. The Morgan fingerprint density at radius 1 is 1.41 bits per heavy atom. The van der Waals surface area contributed by atoms with Gasteiger partial charge < -0.3 is 4.74 Å². The molecule has 100 valence electrons. The Balaban J connectivity index is 2.32. The summed E-state index contributed by atoms with van der Waals surface area (Å²) in [5.41, 5.74) is 0. The predicted octanol–water partition coefficient (Wildman–Crippen LogP) is 2.55. The number of carbonyl (C=O) groups is 1. The minimum atomic E-state index is -0.0972. The molecule has 0 radical (unpaired) electrons. The number of thioether (sulfide) groups is 1. The first-order valence-corrected chi connectivity index (χ1v) is 7.82. The molecular formula is C13H25NO2S. The topological polar surface area (TPSA) is 29.5 Å². The average molecular weight is 259 g/mol. The summed E-state index contributed by atoms with van der Waals surface area (Å²) in [7, 11) is 1.47. The molecule has 17 heavy (non-hydrogen) atoms. The normalized spacial score (nSPS) is 16.6. The third kappa shape index (κ3) is 5.77. The van der Waals surface area contributed by atoms with Crippen LogP contribution < -0.4 is 0 Å². The first-order valence-electron chi connectivity index (χ1n) is 6.66. The van der Waals surface area contributed by atoms with Gasteiger partial charge in [-0.2, -0.15) is 11.8 Å². The number of ether oxygens (including phenoxy) is 1. The van der Waals surface area contributed by atoms with Gasteiger partial charge in [-0.1, -0.05) is 19.8 Å². The van der Waals surface area contributed by atoms with Gasteiger partial charge in [-0.3, -0.25) is 9.69 Å². The van der Waals surface area contributed by atoms with E-state index in [2.05, 4.69) is 11.8 Å². The first-order chi connectivity index (χ1) is 8.27. The molecule has 3 nitrogen and oxygen atoms in total. The van der Waals surface area contributed by atoms with E-state index in [9.17, 15) is 4.79 Å². The van der Waals surface area contributed by atoms with Crippen LogP contribution in [-0.2, 0) is 9.53 Å². The van der Waals surface area contributed by atoms with Crippen molar-refractivity contribution in [2.45, 2.75) is 45.1 Å². The number of hydrogen-bond donors (Lipinski definition) is 0. The number of hydrogen-bond acceptors (Lipinski definition) is 4. The van der Waals surface area contributed by atoms with E-state index in [1.54, 1.807) is 0 Å². The maximum Gasteiger partial charge on any atom is 0.319 e. The number of carbonyl (C=O) groups excluding carboxylic acids is 1. The highest BCUT2D eigenvalue weighted by Crippen LogP contribution is 2.23. The summed E-state index contributed by atoms with van der Waals surface area (Å²) in [5, 5.41) is 0. The number of esters is 1. The summed E-state index contributed by atoms with van der Waals surface area (Å²) in [5.74, 6) is 2.28. The Kier molecular flexibility index (Phi) is 7.69. The second-order valence-electron chi connectivity index (χ2n) is 4.54. The molecule has 0 saturated heterocycles. The largest absolute Gasteiger partial charge is 0.468 e. The molecule has 0 amide bonds. The number of methoxy groups -OCH3 is 1. The number of nitrogens with zero attached hydrogens (tertiary/aromatic N) is 1. The quantitative estimate of drug-likeness (QED) is 0.495. The lowest BCUT2D eigenvalue weighted by Gasteiger charge is -2.27. The Morgan fingerprint density at radius 2 is 2.12 bits per heavy atom. The molecule has 1 aliphatic rings. The van der Waals surface area contributed by atoms with E-state index in [1.807, 2.05) is 11.8 Å². The Bertz CT molecular complexity index is 217. The third-order valence-electron chi connectivity index (χ3n) is 3.34.